The van der Waals surface area contributed by atoms with Gasteiger partial charge in [-0.15, -0.1) is 0 Å². The van der Waals surface area contributed by atoms with E-state index in [2.05, 4.69) is 57.0 Å². The van der Waals surface area contributed by atoms with Gasteiger partial charge in [0.1, 0.15) is 18.0 Å². The summed E-state index contributed by atoms with van der Waals surface area (Å²) < 4.78 is 0. The fraction of sp³-hybridized carbons (Fsp3) is 0.545. The van der Waals surface area contributed by atoms with E-state index in [4.69, 9.17) is 5.73 Å². The number of nitrogens with two attached hydrogens (primary N) is 1. The van der Waals surface area contributed by atoms with E-state index in [0.29, 0.717) is 17.2 Å². The largest absolute Gasteiger partial charge is 0.384 e. The number of nitrogens with zero attached hydrogens (tertiary/aromatic N) is 4. The molecule has 2 aliphatic rings. The van der Waals surface area contributed by atoms with Crippen molar-refractivity contribution in [1.29, 1.82) is 0 Å². The molecule has 27 heavy (non-hydrogen) atoms. The second-order valence-corrected chi connectivity index (χ2v) is 8.32. The van der Waals surface area contributed by atoms with E-state index >= 15 is 0 Å². The van der Waals surface area contributed by atoms with Gasteiger partial charge in [-0.05, 0) is 37.3 Å². The van der Waals surface area contributed by atoms with Gasteiger partial charge >= 0.3 is 0 Å². The van der Waals surface area contributed by atoms with Crippen LogP contribution < -0.4 is 10.6 Å². The van der Waals surface area contributed by atoms with Crippen molar-refractivity contribution in [2.45, 2.75) is 32.6 Å². The number of aromatic nitrogens is 2. The summed E-state index contributed by atoms with van der Waals surface area (Å²) in [5, 5.41) is 0. The molecule has 1 aromatic carbocycles. The van der Waals surface area contributed by atoms with Crippen LogP contribution >= 0.6 is 0 Å². The summed E-state index contributed by atoms with van der Waals surface area (Å²) >= 11 is 0. The van der Waals surface area contributed by atoms with E-state index < -0.39 is 0 Å². The smallest absolute Gasteiger partial charge is 0.134 e. The lowest BCUT2D eigenvalue weighted by Crippen LogP contribution is -2.35. The van der Waals surface area contributed by atoms with Crippen molar-refractivity contribution in [3.05, 3.63) is 48.3 Å². The lowest BCUT2D eigenvalue weighted by atomic mass is 9.76. The van der Waals surface area contributed by atoms with Gasteiger partial charge in [-0.2, -0.15) is 0 Å². The van der Waals surface area contributed by atoms with Crippen LogP contribution in [0.3, 0.4) is 0 Å². The molecule has 4 rings (SSSR count). The zero-order valence-corrected chi connectivity index (χ0v) is 16.3. The van der Waals surface area contributed by atoms with Gasteiger partial charge in [-0.25, -0.2) is 9.97 Å². The SMILES string of the molecule is CCCCN1CC2CN(c3cc(N)ncn3)CC2(CCc2ccccc2)C1. The van der Waals surface area contributed by atoms with Crippen molar-refractivity contribution in [2.75, 3.05) is 43.4 Å². The predicted molar refractivity (Wildman–Crippen MR) is 111 cm³/mol. The quantitative estimate of drug-likeness (QED) is 0.816. The summed E-state index contributed by atoms with van der Waals surface area (Å²) in [4.78, 5) is 13.7. The van der Waals surface area contributed by atoms with Crippen LogP contribution in [0.1, 0.15) is 31.7 Å². The minimum absolute atomic E-state index is 0.350. The highest BCUT2D eigenvalue weighted by Crippen LogP contribution is 2.46. The third-order valence-electron chi connectivity index (χ3n) is 6.41. The maximum Gasteiger partial charge on any atom is 0.134 e. The third-order valence-corrected chi connectivity index (χ3v) is 6.41. The number of likely N-dealkylation sites (tertiary alicyclic amines) is 1. The van der Waals surface area contributed by atoms with Gasteiger partial charge in [0.05, 0.1) is 0 Å². The molecule has 2 aliphatic heterocycles. The van der Waals surface area contributed by atoms with Crippen molar-refractivity contribution in [3.8, 4) is 0 Å². The Morgan fingerprint density at radius 2 is 2.00 bits per heavy atom. The standard InChI is InChI=1S/C22H31N5/c1-2-3-11-26-13-19-14-27(21-12-20(23)24-17-25-21)16-22(19,15-26)10-9-18-7-5-4-6-8-18/h4-8,12,17,19H,2-3,9-11,13-16H2,1H3,(H2,23,24,25). The lowest BCUT2D eigenvalue weighted by Gasteiger charge is -2.30. The summed E-state index contributed by atoms with van der Waals surface area (Å²) in [6.07, 6.45) is 6.54. The predicted octanol–water partition coefficient (Wildman–Crippen LogP) is 3.23. The number of hydrogen-bond donors (Lipinski definition) is 1. The molecule has 144 valence electrons. The van der Waals surface area contributed by atoms with E-state index in [1.807, 2.05) is 6.07 Å². The highest BCUT2D eigenvalue weighted by Gasteiger charge is 2.51. The minimum atomic E-state index is 0.350. The first-order valence-electron chi connectivity index (χ1n) is 10.3. The molecular formula is C22H31N5. The summed E-state index contributed by atoms with van der Waals surface area (Å²) in [7, 11) is 0. The van der Waals surface area contributed by atoms with E-state index in [1.54, 1.807) is 6.33 Å². The lowest BCUT2D eigenvalue weighted by molar-refractivity contribution is 0.242. The Hall–Kier alpha value is -2.14. The molecule has 0 spiro atoms. The van der Waals surface area contributed by atoms with Gasteiger partial charge in [-0.1, -0.05) is 43.7 Å². The molecule has 2 saturated heterocycles. The van der Waals surface area contributed by atoms with E-state index in [1.165, 1.54) is 44.5 Å². The normalized spacial score (nSPS) is 25.1. The molecule has 5 heteroatoms. The number of benzene rings is 1. The van der Waals surface area contributed by atoms with E-state index in [9.17, 15) is 0 Å². The Kier molecular flexibility index (Phi) is 5.30. The Labute approximate surface area is 162 Å². The monoisotopic (exact) mass is 365 g/mol. The summed E-state index contributed by atoms with van der Waals surface area (Å²) in [5.41, 5.74) is 7.70. The topological polar surface area (TPSA) is 58.3 Å². The molecular weight excluding hydrogens is 334 g/mol. The average Bonchev–Trinajstić information content (AvgIpc) is 3.20. The molecule has 0 amide bonds. The first-order chi connectivity index (χ1) is 13.2. The molecule has 0 radical (unpaired) electrons. The highest BCUT2D eigenvalue weighted by molar-refractivity contribution is 5.47. The van der Waals surface area contributed by atoms with Gasteiger partial charge in [0.25, 0.3) is 0 Å². The van der Waals surface area contributed by atoms with Crippen LogP contribution in [0.5, 0.6) is 0 Å². The molecule has 0 aliphatic carbocycles. The van der Waals surface area contributed by atoms with Crippen LogP contribution in [0, 0.1) is 11.3 Å². The van der Waals surface area contributed by atoms with Crippen molar-refractivity contribution < 1.29 is 0 Å². The zero-order chi connectivity index (χ0) is 18.7. The zero-order valence-electron chi connectivity index (χ0n) is 16.3. The summed E-state index contributed by atoms with van der Waals surface area (Å²) in [5.74, 6) is 2.24. The fourth-order valence-corrected chi connectivity index (χ4v) is 4.95. The first kappa shape index (κ1) is 18.2. The van der Waals surface area contributed by atoms with Crippen LogP contribution in [0.15, 0.2) is 42.7 Å². The summed E-state index contributed by atoms with van der Waals surface area (Å²) in [6.45, 7) is 8.09. The van der Waals surface area contributed by atoms with Gasteiger partial charge in [0.15, 0.2) is 0 Å². The highest BCUT2D eigenvalue weighted by atomic mass is 15.3. The Morgan fingerprint density at radius 3 is 2.78 bits per heavy atom. The van der Waals surface area contributed by atoms with Gasteiger partial charge < -0.3 is 15.5 Å². The first-order valence-corrected chi connectivity index (χ1v) is 10.3. The second-order valence-electron chi connectivity index (χ2n) is 8.32. The van der Waals surface area contributed by atoms with Crippen LogP contribution in [0.2, 0.25) is 0 Å². The van der Waals surface area contributed by atoms with Crippen LogP contribution in [0.25, 0.3) is 0 Å². The van der Waals surface area contributed by atoms with Crippen molar-refractivity contribution >= 4 is 11.6 Å². The molecule has 2 fully saturated rings. The van der Waals surface area contributed by atoms with Gasteiger partial charge in [-0.3, -0.25) is 0 Å². The van der Waals surface area contributed by atoms with E-state index in [0.717, 1.165) is 25.3 Å². The molecule has 1 aromatic heterocycles. The Balaban J connectivity index is 1.51. The summed E-state index contributed by atoms with van der Waals surface area (Å²) in [6, 6.07) is 12.8. The molecule has 2 N–H and O–H groups in total. The third kappa shape index (κ3) is 3.93. The fourth-order valence-electron chi connectivity index (χ4n) is 4.95. The van der Waals surface area contributed by atoms with Crippen LogP contribution in [-0.4, -0.2) is 47.6 Å². The van der Waals surface area contributed by atoms with Crippen molar-refractivity contribution in [1.82, 2.24) is 14.9 Å². The Bertz CT molecular complexity index is 749. The maximum absolute atomic E-state index is 5.90. The van der Waals surface area contributed by atoms with Crippen LogP contribution in [-0.2, 0) is 6.42 Å². The van der Waals surface area contributed by atoms with Crippen molar-refractivity contribution in [3.63, 3.8) is 0 Å². The van der Waals surface area contributed by atoms with E-state index in [-0.39, 0.29) is 0 Å². The number of rotatable bonds is 7. The molecule has 2 aromatic rings. The van der Waals surface area contributed by atoms with Crippen molar-refractivity contribution in [2.24, 2.45) is 11.3 Å². The molecule has 2 unspecified atom stereocenters. The molecule has 0 saturated carbocycles. The number of fused-ring (bicyclic) bond motifs is 1. The second kappa shape index (κ2) is 7.85. The van der Waals surface area contributed by atoms with Crippen LogP contribution in [0.4, 0.5) is 11.6 Å². The number of nitrogen functional groups attached to an aromatic ring is 1. The molecule has 5 nitrogen and oxygen atoms in total. The molecule has 3 heterocycles. The average molecular weight is 366 g/mol. The number of hydrogen-bond acceptors (Lipinski definition) is 5. The van der Waals surface area contributed by atoms with Gasteiger partial charge in [0, 0.05) is 37.7 Å². The van der Waals surface area contributed by atoms with Gasteiger partial charge in [0.2, 0.25) is 0 Å². The molecule has 0 bridgehead atoms. The number of aryl methyl sites for hydroxylation is 1. The number of unbranched alkanes of at least 4 members (excludes halogenated alkanes) is 1. The number of anilines is 2. The Morgan fingerprint density at radius 1 is 1.15 bits per heavy atom. The maximum atomic E-state index is 5.90. The minimum Gasteiger partial charge on any atom is -0.384 e. The molecule has 2 atom stereocenters.